The number of phenols is 1. The Hall–Kier alpha value is -3.68. The number of phenolic OH excluding ortho intramolecular Hbond substituents is 1. The molecule has 4 N–H and O–H groups in total. The fourth-order valence-corrected chi connectivity index (χ4v) is 3.52. The van der Waals surface area contributed by atoms with E-state index >= 15 is 0 Å². The minimum absolute atomic E-state index is 0.0814. The van der Waals surface area contributed by atoms with Crippen molar-refractivity contribution < 1.29 is 14.6 Å². The predicted octanol–water partition coefficient (Wildman–Crippen LogP) is 3.34. The van der Waals surface area contributed by atoms with E-state index in [1.165, 1.54) is 11.8 Å². The molecule has 1 aliphatic heterocycles. The first-order valence-corrected chi connectivity index (χ1v) is 10.5. The second-order valence-corrected chi connectivity index (χ2v) is 7.73. The molecule has 0 saturated carbocycles. The Bertz CT molecular complexity index is 1100. The van der Waals surface area contributed by atoms with Crippen molar-refractivity contribution in [1.29, 1.82) is 0 Å². The third-order valence-corrected chi connectivity index (χ3v) is 5.34. The average molecular weight is 431 g/mol. The predicted molar refractivity (Wildman–Crippen MR) is 123 cm³/mol. The van der Waals surface area contributed by atoms with Crippen LogP contribution in [0.3, 0.4) is 0 Å². The van der Waals surface area contributed by atoms with Gasteiger partial charge in [0.05, 0.1) is 12.3 Å². The van der Waals surface area contributed by atoms with Gasteiger partial charge in [0, 0.05) is 11.1 Å². The Morgan fingerprint density at radius 2 is 1.84 bits per heavy atom. The highest BCUT2D eigenvalue weighted by molar-refractivity contribution is 5.86. The van der Waals surface area contributed by atoms with Gasteiger partial charge in [0.25, 0.3) is 5.91 Å². The summed E-state index contributed by atoms with van der Waals surface area (Å²) in [5, 5.41) is 13.7. The van der Waals surface area contributed by atoms with Crippen molar-refractivity contribution in [3.05, 3.63) is 95.1 Å². The zero-order valence-corrected chi connectivity index (χ0v) is 17.8. The van der Waals surface area contributed by atoms with E-state index in [-0.39, 0.29) is 17.7 Å². The molecule has 7 heteroatoms. The SMILES string of the molecule is Cc1ccc(COc2ccccc2C2CC(C(=O)N/N=C/c3ccccc3O)NN2)cc1. The van der Waals surface area contributed by atoms with Crippen LogP contribution < -0.4 is 21.0 Å². The number of nitrogens with one attached hydrogen (secondary N) is 3. The van der Waals surface area contributed by atoms with Gasteiger partial charge in [-0.15, -0.1) is 0 Å². The van der Waals surface area contributed by atoms with Crippen molar-refractivity contribution >= 4 is 12.1 Å². The van der Waals surface area contributed by atoms with E-state index < -0.39 is 6.04 Å². The Balaban J connectivity index is 1.35. The summed E-state index contributed by atoms with van der Waals surface area (Å²) in [6, 6.07) is 22.3. The molecule has 2 atom stereocenters. The lowest BCUT2D eigenvalue weighted by Crippen LogP contribution is -2.41. The fourth-order valence-electron chi connectivity index (χ4n) is 3.52. The standard InChI is InChI=1S/C25H26N4O3/c1-17-10-12-18(13-11-17)16-32-24-9-5-3-7-20(24)21-14-22(28-27-21)25(31)29-26-15-19-6-2-4-8-23(19)30/h2-13,15,21-22,27-28,30H,14,16H2,1H3,(H,29,31)/b26-15+. The highest BCUT2D eigenvalue weighted by Gasteiger charge is 2.31. The van der Waals surface area contributed by atoms with Crippen LogP contribution in [-0.2, 0) is 11.4 Å². The lowest BCUT2D eigenvalue weighted by Gasteiger charge is -2.16. The molecular weight excluding hydrogens is 404 g/mol. The van der Waals surface area contributed by atoms with Crippen LogP contribution in [-0.4, -0.2) is 23.3 Å². The van der Waals surface area contributed by atoms with E-state index in [2.05, 4.69) is 52.6 Å². The maximum absolute atomic E-state index is 12.5. The second kappa shape index (κ2) is 10.1. The van der Waals surface area contributed by atoms with Crippen molar-refractivity contribution in [3.63, 3.8) is 0 Å². The van der Waals surface area contributed by atoms with E-state index in [4.69, 9.17) is 4.74 Å². The van der Waals surface area contributed by atoms with E-state index in [1.54, 1.807) is 24.3 Å². The molecule has 2 unspecified atom stereocenters. The quantitative estimate of drug-likeness (QED) is 0.341. The number of ether oxygens (including phenoxy) is 1. The summed E-state index contributed by atoms with van der Waals surface area (Å²) >= 11 is 0. The number of carbonyl (C=O) groups excluding carboxylic acids is 1. The molecule has 7 nitrogen and oxygen atoms in total. The van der Waals surface area contributed by atoms with Gasteiger partial charge in [-0.3, -0.25) is 4.79 Å². The normalized spacial score (nSPS) is 18.0. The van der Waals surface area contributed by atoms with Crippen LogP contribution in [0.1, 0.15) is 34.7 Å². The first kappa shape index (κ1) is 21.5. The first-order valence-electron chi connectivity index (χ1n) is 10.5. The first-order chi connectivity index (χ1) is 15.6. The summed E-state index contributed by atoms with van der Waals surface area (Å²) < 4.78 is 6.08. The number of amides is 1. The molecule has 0 radical (unpaired) electrons. The maximum atomic E-state index is 12.5. The lowest BCUT2D eigenvalue weighted by molar-refractivity contribution is -0.122. The Morgan fingerprint density at radius 3 is 2.66 bits per heavy atom. The van der Waals surface area contributed by atoms with Crippen molar-refractivity contribution in [2.75, 3.05) is 0 Å². The summed E-state index contributed by atoms with van der Waals surface area (Å²) in [5.41, 5.74) is 12.6. The Morgan fingerprint density at radius 1 is 1.09 bits per heavy atom. The number of hydrogen-bond donors (Lipinski definition) is 4. The topological polar surface area (TPSA) is 95.0 Å². The maximum Gasteiger partial charge on any atom is 0.258 e. The van der Waals surface area contributed by atoms with E-state index in [1.807, 2.05) is 24.3 Å². The summed E-state index contributed by atoms with van der Waals surface area (Å²) in [5.74, 6) is 0.629. The van der Waals surface area contributed by atoms with E-state index in [9.17, 15) is 9.90 Å². The number of rotatable bonds is 7. The zero-order valence-electron chi connectivity index (χ0n) is 17.8. The van der Waals surface area contributed by atoms with Crippen molar-refractivity contribution in [3.8, 4) is 11.5 Å². The van der Waals surface area contributed by atoms with Crippen LogP contribution in [0.5, 0.6) is 11.5 Å². The highest BCUT2D eigenvalue weighted by Crippen LogP contribution is 2.30. The van der Waals surface area contributed by atoms with Crippen LogP contribution in [0.2, 0.25) is 0 Å². The number of para-hydroxylation sites is 2. The monoisotopic (exact) mass is 430 g/mol. The molecular formula is C25H26N4O3. The number of hydrogen-bond acceptors (Lipinski definition) is 6. The number of hydrazine groups is 1. The smallest absolute Gasteiger partial charge is 0.258 e. The third kappa shape index (κ3) is 5.32. The molecule has 1 amide bonds. The molecule has 32 heavy (non-hydrogen) atoms. The molecule has 4 rings (SSSR count). The van der Waals surface area contributed by atoms with Crippen LogP contribution in [0.25, 0.3) is 0 Å². The number of hydrazone groups is 1. The van der Waals surface area contributed by atoms with Crippen molar-refractivity contribution in [1.82, 2.24) is 16.3 Å². The van der Waals surface area contributed by atoms with Gasteiger partial charge >= 0.3 is 0 Å². The van der Waals surface area contributed by atoms with Crippen molar-refractivity contribution in [2.45, 2.75) is 32.0 Å². The van der Waals surface area contributed by atoms with Crippen LogP contribution in [0.15, 0.2) is 77.9 Å². The molecule has 1 heterocycles. The zero-order chi connectivity index (χ0) is 22.3. The minimum Gasteiger partial charge on any atom is -0.507 e. The Labute approximate surface area is 187 Å². The molecule has 0 bridgehead atoms. The van der Waals surface area contributed by atoms with Gasteiger partial charge in [0.15, 0.2) is 0 Å². The summed E-state index contributed by atoms with van der Waals surface area (Å²) in [4.78, 5) is 12.5. The fraction of sp³-hybridized carbons (Fsp3) is 0.200. The van der Waals surface area contributed by atoms with Gasteiger partial charge in [-0.05, 0) is 37.1 Å². The number of benzene rings is 3. The Kier molecular flexibility index (Phi) is 6.79. The van der Waals surface area contributed by atoms with Gasteiger partial charge in [-0.1, -0.05) is 60.2 Å². The second-order valence-electron chi connectivity index (χ2n) is 7.73. The van der Waals surface area contributed by atoms with E-state index in [0.717, 1.165) is 16.9 Å². The molecule has 3 aromatic carbocycles. The summed E-state index contributed by atoms with van der Waals surface area (Å²) in [7, 11) is 0. The summed E-state index contributed by atoms with van der Waals surface area (Å²) in [6.45, 7) is 2.53. The number of aryl methyl sites for hydroxylation is 1. The largest absolute Gasteiger partial charge is 0.507 e. The molecule has 164 valence electrons. The third-order valence-electron chi connectivity index (χ3n) is 5.34. The van der Waals surface area contributed by atoms with Gasteiger partial charge in [-0.2, -0.15) is 5.10 Å². The minimum atomic E-state index is -0.452. The highest BCUT2D eigenvalue weighted by atomic mass is 16.5. The van der Waals surface area contributed by atoms with Gasteiger partial charge < -0.3 is 9.84 Å². The van der Waals surface area contributed by atoms with Crippen molar-refractivity contribution in [2.24, 2.45) is 5.10 Å². The number of carbonyl (C=O) groups is 1. The van der Waals surface area contributed by atoms with Crippen LogP contribution in [0.4, 0.5) is 0 Å². The van der Waals surface area contributed by atoms with Gasteiger partial charge in [0.1, 0.15) is 24.1 Å². The van der Waals surface area contributed by atoms with Gasteiger partial charge in [-0.25, -0.2) is 16.3 Å². The molecule has 1 fully saturated rings. The number of nitrogens with zero attached hydrogens (tertiary/aromatic N) is 1. The molecule has 0 aliphatic carbocycles. The van der Waals surface area contributed by atoms with Crippen LogP contribution >= 0.6 is 0 Å². The molecule has 1 aliphatic rings. The molecule has 0 aromatic heterocycles. The summed E-state index contributed by atoms with van der Waals surface area (Å²) in [6.07, 6.45) is 1.96. The number of aromatic hydroxyl groups is 1. The van der Waals surface area contributed by atoms with E-state index in [0.29, 0.717) is 18.6 Å². The lowest BCUT2D eigenvalue weighted by atomic mass is 10.0. The average Bonchev–Trinajstić information content (AvgIpc) is 3.30. The molecule has 0 spiro atoms. The molecule has 1 saturated heterocycles. The van der Waals surface area contributed by atoms with Gasteiger partial charge in [0.2, 0.25) is 0 Å². The molecule has 3 aromatic rings. The van der Waals surface area contributed by atoms with Crippen LogP contribution in [0, 0.1) is 6.92 Å².